The third kappa shape index (κ3) is 5.84. The van der Waals surface area contributed by atoms with Crippen molar-refractivity contribution < 1.29 is 28.6 Å². The number of aromatic carboxylic acids is 1. The zero-order chi connectivity index (χ0) is 25.0. The van der Waals surface area contributed by atoms with Crippen molar-refractivity contribution in [3.63, 3.8) is 0 Å². The number of nitrogens with two attached hydrogens (primary N) is 1. The number of carboxylic acids is 1. The van der Waals surface area contributed by atoms with Crippen LogP contribution in [0.3, 0.4) is 0 Å². The molecule has 5 N–H and O–H groups in total. The Labute approximate surface area is 198 Å². The number of carboxylic acid groups (broad SMARTS) is 1. The average molecular weight is 484 g/mol. The Bertz CT molecular complexity index is 1270. The van der Waals surface area contributed by atoms with Crippen molar-refractivity contribution >= 4 is 40.7 Å². The van der Waals surface area contributed by atoms with Crippen LogP contribution in [0, 0.1) is 16.6 Å². The lowest BCUT2D eigenvalue weighted by atomic mass is 9.87. The fourth-order valence-corrected chi connectivity index (χ4v) is 4.11. The van der Waals surface area contributed by atoms with Gasteiger partial charge in [0, 0.05) is 21.5 Å². The first-order valence-corrected chi connectivity index (χ1v) is 10.9. The summed E-state index contributed by atoms with van der Waals surface area (Å²) in [4.78, 5) is 37.2. The highest BCUT2D eigenvalue weighted by atomic mass is 32.1. The molecule has 0 aliphatic rings. The van der Waals surface area contributed by atoms with Crippen molar-refractivity contribution in [2.45, 2.75) is 20.3 Å². The fraction of sp³-hybridized carbons (Fsp3) is 0.167. The first kappa shape index (κ1) is 24.6. The van der Waals surface area contributed by atoms with Gasteiger partial charge in [-0.3, -0.25) is 10.2 Å². The standard InChI is InChI=1S/C24H22FN3O5S/c1-24(2,23(32)28-15-6-3-13(4-7-15)21(29)30)12-16-8-10-19(34-16)22(31)33-18-9-5-14(20(26)27)11-17(18)25/h3-11H,12H2,1-2H3,(H3,26,27)(H,28,32)(H,29,30). The van der Waals surface area contributed by atoms with Crippen LogP contribution in [0.1, 0.15) is 44.3 Å². The number of nitrogen functional groups attached to an aromatic ring is 1. The molecule has 0 radical (unpaired) electrons. The number of hydrogen-bond donors (Lipinski definition) is 4. The monoisotopic (exact) mass is 483 g/mol. The van der Waals surface area contributed by atoms with Crippen molar-refractivity contribution in [2.75, 3.05) is 5.32 Å². The van der Waals surface area contributed by atoms with Crippen LogP contribution in [-0.2, 0) is 11.2 Å². The highest BCUT2D eigenvalue weighted by Crippen LogP contribution is 2.29. The van der Waals surface area contributed by atoms with Gasteiger partial charge in [0.05, 0.1) is 5.56 Å². The first-order chi connectivity index (χ1) is 16.0. The van der Waals surface area contributed by atoms with E-state index < -0.39 is 23.2 Å². The molecule has 176 valence electrons. The Balaban J connectivity index is 1.64. The first-order valence-electron chi connectivity index (χ1n) is 10.1. The van der Waals surface area contributed by atoms with E-state index in [1.807, 2.05) is 0 Å². The van der Waals surface area contributed by atoms with Crippen molar-refractivity contribution in [3.05, 3.63) is 81.3 Å². The van der Waals surface area contributed by atoms with Gasteiger partial charge in [-0.15, -0.1) is 11.3 Å². The molecule has 0 aliphatic carbocycles. The molecule has 10 heteroatoms. The summed E-state index contributed by atoms with van der Waals surface area (Å²) < 4.78 is 19.3. The Morgan fingerprint density at radius 1 is 1.09 bits per heavy atom. The maximum atomic E-state index is 14.1. The van der Waals surface area contributed by atoms with Gasteiger partial charge in [-0.05, 0) is 61.0 Å². The summed E-state index contributed by atoms with van der Waals surface area (Å²) in [7, 11) is 0. The van der Waals surface area contributed by atoms with Gasteiger partial charge in [0.2, 0.25) is 5.91 Å². The third-order valence-corrected chi connectivity index (χ3v) is 5.99. The highest BCUT2D eigenvalue weighted by Gasteiger charge is 2.29. The van der Waals surface area contributed by atoms with E-state index in [0.29, 0.717) is 12.1 Å². The van der Waals surface area contributed by atoms with Gasteiger partial charge in [-0.1, -0.05) is 13.8 Å². The maximum absolute atomic E-state index is 14.1. The number of anilines is 1. The van der Waals surface area contributed by atoms with E-state index in [1.54, 1.807) is 26.0 Å². The molecular weight excluding hydrogens is 461 g/mol. The molecule has 1 heterocycles. The summed E-state index contributed by atoms with van der Waals surface area (Å²) in [5.74, 6) is -3.47. The van der Waals surface area contributed by atoms with Gasteiger partial charge in [0.25, 0.3) is 0 Å². The molecule has 8 nitrogen and oxygen atoms in total. The molecule has 0 aliphatic heterocycles. The van der Waals surface area contributed by atoms with Gasteiger partial charge in [0.15, 0.2) is 11.6 Å². The van der Waals surface area contributed by atoms with Crippen LogP contribution in [0.25, 0.3) is 0 Å². The minimum atomic E-state index is -1.05. The number of thiophene rings is 1. The van der Waals surface area contributed by atoms with E-state index in [9.17, 15) is 18.8 Å². The van der Waals surface area contributed by atoms with Crippen LogP contribution in [0.15, 0.2) is 54.6 Å². The number of rotatable bonds is 8. The van der Waals surface area contributed by atoms with E-state index >= 15 is 0 Å². The molecule has 3 aromatic rings. The molecule has 0 saturated carbocycles. The zero-order valence-electron chi connectivity index (χ0n) is 18.3. The summed E-state index contributed by atoms with van der Waals surface area (Å²) in [6, 6.07) is 12.7. The normalized spacial score (nSPS) is 11.0. The molecule has 0 fully saturated rings. The fourth-order valence-electron chi connectivity index (χ4n) is 3.00. The second-order valence-corrected chi connectivity index (χ2v) is 9.28. The maximum Gasteiger partial charge on any atom is 0.353 e. The lowest BCUT2D eigenvalue weighted by Gasteiger charge is -2.23. The average Bonchev–Trinajstić information content (AvgIpc) is 3.23. The Morgan fingerprint density at radius 2 is 1.74 bits per heavy atom. The molecule has 0 spiro atoms. The Hall–Kier alpha value is -4.05. The zero-order valence-corrected chi connectivity index (χ0v) is 19.2. The minimum absolute atomic E-state index is 0.116. The number of carbonyl (C=O) groups is 3. The van der Waals surface area contributed by atoms with Crippen LogP contribution in [-0.4, -0.2) is 28.8 Å². The van der Waals surface area contributed by atoms with E-state index in [2.05, 4.69) is 5.32 Å². The lowest BCUT2D eigenvalue weighted by Crippen LogP contribution is -2.32. The molecule has 0 unspecified atom stereocenters. The van der Waals surface area contributed by atoms with Crippen molar-refractivity contribution in [2.24, 2.45) is 11.1 Å². The van der Waals surface area contributed by atoms with E-state index in [-0.39, 0.29) is 33.5 Å². The van der Waals surface area contributed by atoms with Crippen molar-refractivity contribution in [3.8, 4) is 5.75 Å². The molecule has 2 aromatic carbocycles. The molecule has 1 aromatic heterocycles. The van der Waals surface area contributed by atoms with Gasteiger partial charge >= 0.3 is 11.9 Å². The summed E-state index contributed by atoms with van der Waals surface area (Å²) >= 11 is 1.13. The van der Waals surface area contributed by atoms with Crippen LogP contribution in [0.5, 0.6) is 5.75 Å². The van der Waals surface area contributed by atoms with Crippen LogP contribution in [0.2, 0.25) is 0 Å². The minimum Gasteiger partial charge on any atom is -0.478 e. The van der Waals surface area contributed by atoms with Gasteiger partial charge < -0.3 is 20.9 Å². The number of carbonyl (C=O) groups excluding carboxylic acids is 2. The van der Waals surface area contributed by atoms with Crippen molar-refractivity contribution in [1.82, 2.24) is 0 Å². The van der Waals surface area contributed by atoms with Gasteiger partial charge in [0.1, 0.15) is 10.7 Å². The molecule has 0 bridgehead atoms. The smallest absolute Gasteiger partial charge is 0.353 e. The van der Waals surface area contributed by atoms with Crippen LogP contribution in [0.4, 0.5) is 10.1 Å². The van der Waals surface area contributed by atoms with Crippen molar-refractivity contribution in [1.29, 1.82) is 5.41 Å². The molecule has 34 heavy (non-hydrogen) atoms. The second kappa shape index (κ2) is 9.84. The molecule has 1 amide bonds. The summed E-state index contributed by atoms with van der Waals surface area (Å²) in [5.41, 5.74) is 5.24. The number of benzene rings is 2. The second-order valence-electron chi connectivity index (χ2n) is 8.11. The van der Waals surface area contributed by atoms with Crippen LogP contribution < -0.4 is 15.8 Å². The third-order valence-electron chi connectivity index (χ3n) is 4.93. The number of hydrogen-bond acceptors (Lipinski definition) is 6. The highest BCUT2D eigenvalue weighted by molar-refractivity contribution is 7.14. The predicted octanol–water partition coefficient (Wildman–Crippen LogP) is 4.30. The number of halogens is 1. The van der Waals surface area contributed by atoms with E-state index in [4.69, 9.17) is 21.0 Å². The van der Waals surface area contributed by atoms with Gasteiger partial charge in [-0.25, -0.2) is 14.0 Å². The van der Waals surface area contributed by atoms with E-state index in [0.717, 1.165) is 22.3 Å². The lowest BCUT2D eigenvalue weighted by molar-refractivity contribution is -0.123. The molecular formula is C24H22FN3O5S. The topological polar surface area (TPSA) is 143 Å². The number of amidine groups is 1. The molecule has 3 rings (SSSR count). The summed E-state index contributed by atoms with van der Waals surface area (Å²) in [5, 5.41) is 19.1. The number of esters is 1. The summed E-state index contributed by atoms with van der Waals surface area (Å²) in [6.45, 7) is 3.50. The quantitative estimate of drug-likeness (QED) is 0.163. The predicted molar refractivity (Wildman–Crippen MR) is 126 cm³/mol. The largest absolute Gasteiger partial charge is 0.478 e. The Morgan fingerprint density at radius 3 is 2.32 bits per heavy atom. The molecule has 0 saturated heterocycles. The number of amides is 1. The number of nitrogens with one attached hydrogen (secondary N) is 2. The molecule has 0 atom stereocenters. The number of ether oxygens (including phenoxy) is 1. The van der Waals surface area contributed by atoms with Gasteiger partial charge in [-0.2, -0.15) is 0 Å². The SMILES string of the molecule is CC(C)(Cc1ccc(C(=O)Oc2ccc(C(=N)N)cc2F)s1)C(=O)Nc1ccc(C(=O)O)cc1. The van der Waals surface area contributed by atoms with E-state index in [1.165, 1.54) is 36.4 Å². The summed E-state index contributed by atoms with van der Waals surface area (Å²) in [6.07, 6.45) is 0.325. The Kier molecular flexibility index (Phi) is 7.11. The van der Waals surface area contributed by atoms with Crippen LogP contribution >= 0.6 is 11.3 Å².